The van der Waals surface area contributed by atoms with Gasteiger partial charge in [-0.05, 0) is 171 Å². The second-order valence-electron chi connectivity index (χ2n) is 27.2. The molecule has 4 atom stereocenters. The SMILES string of the molecule is CCCC[C@@H](CCS(C)(=O)=O)Nc1nc(N)nc(CCOC=O)c1Cc1cc(COC=O)ccc1OC.CCCC[C@H](N)CCSC.O=C=O.[C-]#[N+]Cc1ccc(OC)c(Cc2c(CCC(=O)N[C@@H](CCCC)CCSC)nc(N)nc2N[C@@H](CCCC)CCSC)c1.[C-]#[N+]Cc1ccc(OC)c(Cc2c(Cl)nc(N)nc2CC)c1. The molecular weight excluding hydrogens is 1560 g/mol. The predicted octanol–water partition coefficient (Wildman–Crippen LogP) is 14.6. The molecular formula is C83H124ClN15O12S4. The van der Waals surface area contributed by atoms with Crippen molar-refractivity contribution in [3.63, 3.8) is 0 Å². The topological polar surface area (TPSA) is 392 Å². The predicted molar refractivity (Wildman–Crippen MR) is 468 cm³/mol. The monoisotopic (exact) mass is 1690 g/mol. The number of benzene rings is 3. The zero-order valence-corrected chi connectivity index (χ0v) is 73.4. The molecule has 0 saturated carbocycles. The van der Waals surface area contributed by atoms with E-state index in [0.717, 1.165) is 161 Å². The maximum atomic E-state index is 13.2. The number of halogens is 1. The van der Waals surface area contributed by atoms with E-state index in [1.165, 1.54) is 37.7 Å². The number of anilines is 5. The van der Waals surface area contributed by atoms with Crippen molar-refractivity contribution in [2.75, 3.05) is 104 Å². The average molecular weight is 1690 g/mol. The number of sulfone groups is 1. The summed E-state index contributed by atoms with van der Waals surface area (Å²) in [5, 5.41) is 10.8. The molecule has 0 fully saturated rings. The summed E-state index contributed by atoms with van der Waals surface area (Å²) in [4.78, 5) is 84.3. The molecule has 0 aliphatic heterocycles. The van der Waals surface area contributed by atoms with Crippen LogP contribution in [0.1, 0.15) is 211 Å². The summed E-state index contributed by atoms with van der Waals surface area (Å²) in [7, 11) is 1.69. The molecule has 32 heteroatoms. The number of hydrogen-bond acceptors (Lipinski definition) is 27. The largest absolute Gasteiger partial charge is 0.496 e. The number of carbonyl (C=O) groups excluding carboxylic acids is 5. The van der Waals surface area contributed by atoms with Crippen molar-refractivity contribution in [3.8, 4) is 17.2 Å². The highest BCUT2D eigenvalue weighted by atomic mass is 35.5. The van der Waals surface area contributed by atoms with E-state index in [1.54, 1.807) is 33.5 Å². The van der Waals surface area contributed by atoms with Crippen LogP contribution in [0, 0.1) is 13.1 Å². The number of nitrogens with one attached hydrogen (secondary N) is 3. The molecule has 0 aliphatic carbocycles. The van der Waals surface area contributed by atoms with E-state index in [0.29, 0.717) is 106 Å². The average Bonchev–Trinajstić information content (AvgIpc) is 0.897. The summed E-state index contributed by atoms with van der Waals surface area (Å²) in [5.41, 5.74) is 33.8. The number of aromatic nitrogens is 6. The van der Waals surface area contributed by atoms with Crippen molar-refractivity contribution in [1.29, 1.82) is 0 Å². The van der Waals surface area contributed by atoms with E-state index in [4.69, 9.17) is 85.9 Å². The van der Waals surface area contributed by atoms with E-state index >= 15 is 0 Å². The molecule has 3 heterocycles. The van der Waals surface area contributed by atoms with Gasteiger partial charge in [0.2, 0.25) is 36.8 Å². The highest BCUT2D eigenvalue weighted by Crippen LogP contribution is 2.34. The molecule has 0 bridgehead atoms. The number of thioether (sulfide) groups is 3. The number of ether oxygens (including phenoxy) is 5. The molecule has 0 radical (unpaired) electrons. The van der Waals surface area contributed by atoms with E-state index in [9.17, 15) is 22.8 Å². The Bertz CT molecular complexity index is 4050. The fourth-order valence-corrected chi connectivity index (χ4v) is 14.8. The number of hydrogen-bond donors (Lipinski definition) is 7. The summed E-state index contributed by atoms with van der Waals surface area (Å²) < 4.78 is 50.1. The maximum Gasteiger partial charge on any atom is 0.373 e. The third kappa shape index (κ3) is 41.6. The van der Waals surface area contributed by atoms with Crippen molar-refractivity contribution in [2.24, 2.45) is 5.73 Å². The van der Waals surface area contributed by atoms with Crippen LogP contribution in [-0.4, -0.2) is 163 Å². The van der Waals surface area contributed by atoms with Crippen LogP contribution in [0.5, 0.6) is 17.2 Å². The fraction of sp³-hybridized carbons (Fsp3) is 0.566. The number of carbonyl (C=O) groups is 3. The molecule has 115 heavy (non-hydrogen) atoms. The molecule has 0 aliphatic rings. The first-order valence-corrected chi connectivity index (χ1v) is 45.6. The lowest BCUT2D eigenvalue weighted by molar-refractivity contribution is -0.191. The van der Waals surface area contributed by atoms with Crippen LogP contribution < -0.4 is 53.1 Å². The van der Waals surface area contributed by atoms with Gasteiger partial charge in [-0.25, -0.2) is 41.5 Å². The summed E-state index contributed by atoms with van der Waals surface area (Å²) in [5.74, 6) is 7.13. The minimum atomic E-state index is -3.15. The Hall–Kier alpha value is -8.68. The van der Waals surface area contributed by atoms with Gasteiger partial charge in [0.15, 0.2) is 0 Å². The van der Waals surface area contributed by atoms with Crippen molar-refractivity contribution >= 4 is 111 Å². The van der Waals surface area contributed by atoms with Crippen LogP contribution in [0.2, 0.25) is 5.15 Å². The smallest absolute Gasteiger partial charge is 0.373 e. The first-order chi connectivity index (χ1) is 55.4. The van der Waals surface area contributed by atoms with Gasteiger partial charge in [-0.3, -0.25) is 14.4 Å². The number of methoxy groups -OCH3 is 3. The normalized spacial score (nSPS) is 11.7. The molecule has 6 rings (SSSR count). The summed E-state index contributed by atoms with van der Waals surface area (Å²) in [6.07, 6.45) is 27.5. The Labute approximate surface area is 700 Å². The van der Waals surface area contributed by atoms with E-state index < -0.39 is 9.84 Å². The maximum absolute atomic E-state index is 13.2. The number of nitrogens with two attached hydrogens (primary N) is 4. The standard InChI is InChI=1S/C33H52N6O2S2.C25H36N4O7S.C16H17ClN4O.C8H19NS.CO2/c1-7-9-11-26(17-19-42-5)36-31(40)16-14-29-28(22-25-21-24(23-35-3)13-15-30(25)41-4)32(39-33(34)38-29)37-27(12-10-8-2)18-20-43-6;1-4-5-6-20(10-12-37(3,32)33)27-24-21(22(9-11-35-16-30)28-25(26)29-24)14-19-13-18(15-36-17-31)7-8-23(19)34-2;1-4-13-12(15(17)21-16(18)20-13)8-11-7-10(9-19-2)5-6-14(11)22-3;1-3-4-5-8(9)6-7-10-2;2-1-3/h13,15,21,26-27H,7-12,14,16-20,22-23H2,1-2,4-6H3,(H,36,40)(H3,34,37,38,39);7-8,13,16-17,20H,4-6,9-12,14-15H2,1-3H3,(H3,26,27,28,29);5-7H,4,8-9H2,1,3H3,(H2,18,20,21);8H,3-7,9H2,1-2H3;/t26-,27-;20-;;8-;/m00.0./s1. The fourth-order valence-electron chi connectivity index (χ4n) is 12.3. The van der Waals surface area contributed by atoms with Gasteiger partial charge < -0.3 is 72.3 Å². The number of aryl methyl sites for hydroxylation is 2. The number of nitrogen functional groups attached to an aromatic ring is 3. The lowest BCUT2D eigenvalue weighted by Gasteiger charge is -2.23. The molecule has 0 saturated heterocycles. The van der Waals surface area contributed by atoms with Crippen molar-refractivity contribution in [3.05, 3.63) is 150 Å². The third-order valence-corrected chi connectivity index (χ3v) is 21.5. The molecule has 6 aromatic rings. The van der Waals surface area contributed by atoms with Crippen LogP contribution in [0.15, 0.2) is 54.6 Å². The quantitative estimate of drug-likeness (QED) is 0.00807. The van der Waals surface area contributed by atoms with Crippen LogP contribution in [-0.2, 0) is 102 Å². The van der Waals surface area contributed by atoms with Gasteiger partial charge in [0, 0.05) is 90.3 Å². The molecule has 3 aromatic carbocycles. The van der Waals surface area contributed by atoms with Gasteiger partial charge in [-0.15, -0.1) is 0 Å². The second-order valence-corrected chi connectivity index (χ2v) is 32.8. The van der Waals surface area contributed by atoms with Crippen molar-refractivity contribution in [1.82, 2.24) is 35.2 Å². The number of rotatable bonds is 51. The van der Waals surface area contributed by atoms with Gasteiger partial charge >= 0.3 is 6.15 Å². The molecule has 27 nitrogen and oxygen atoms in total. The van der Waals surface area contributed by atoms with Gasteiger partial charge in [0.1, 0.15) is 50.5 Å². The Balaban J connectivity index is 0.000000560. The first kappa shape index (κ1) is 102. The van der Waals surface area contributed by atoms with E-state index in [-0.39, 0.29) is 67.0 Å². The van der Waals surface area contributed by atoms with E-state index in [1.807, 2.05) is 84.7 Å². The highest BCUT2D eigenvalue weighted by molar-refractivity contribution is 7.99. The zero-order chi connectivity index (χ0) is 85.4. The molecule has 634 valence electrons. The molecule has 3 aromatic heterocycles. The van der Waals surface area contributed by atoms with Crippen molar-refractivity contribution in [2.45, 2.75) is 226 Å². The summed E-state index contributed by atoms with van der Waals surface area (Å²) in [6, 6.07) is 17.8. The minimum Gasteiger partial charge on any atom is -0.496 e. The number of nitrogens with zero attached hydrogens (tertiary/aromatic N) is 8. The highest BCUT2D eigenvalue weighted by Gasteiger charge is 2.25. The van der Waals surface area contributed by atoms with E-state index in [2.05, 4.69) is 97.0 Å². The van der Waals surface area contributed by atoms with Crippen LogP contribution >= 0.6 is 46.9 Å². The first-order valence-electron chi connectivity index (χ1n) is 39.0. The van der Waals surface area contributed by atoms with Crippen LogP contribution in [0.3, 0.4) is 0 Å². The number of unbranched alkanes of at least 4 members (excludes halogenated alkanes) is 4. The van der Waals surface area contributed by atoms with Gasteiger partial charge in [-0.2, -0.15) is 54.8 Å². The number of amides is 1. The Kier molecular flexibility index (Phi) is 54.1. The Morgan fingerprint density at radius 2 is 0.974 bits per heavy atom. The van der Waals surface area contributed by atoms with Crippen molar-refractivity contribution < 1.29 is 56.1 Å². The minimum absolute atomic E-state index is 0.0386. The van der Waals surface area contributed by atoms with Gasteiger partial charge in [0.05, 0.1) is 50.8 Å². The molecule has 11 N–H and O–H groups in total. The summed E-state index contributed by atoms with van der Waals surface area (Å²) >= 11 is 11.8. The molecule has 0 unspecified atom stereocenters. The Morgan fingerprint density at radius 3 is 1.42 bits per heavy atom. The second kappa shape index (κ2) is 60.8. The lowest BCUT2D eigenvalue weighted by atomic mass is 9.98. The Morgan fingerprint density at radius 1 is 0.565 bits per heavy atom. The molecule has 1 amide bonds. The van der Waals surface area contributed by atoms with Gasteiger partial charge in [-0.1, -0.05) is 104 Å². The lowest BCUT2D eigenvalue weighted by Crippen LogP contribution is -2.35. The van der Waals surface area contributed by atoms with Crippen LogP contribution in [0.25, 0.3) is 9.69 Å². The molecule has 0 spiro atoms. The zero-order valence-electron chi connectivity index (χ0n) is 69.4. The summed E-state index contributed by atoms with van der Waals surface area (Å²) in [6.45, 7) is 26.6. The van der Waals surface area contributed by atoms with Gasteiger partial charge in [0.25, 0.3) is 12.9 Å². The third-order valence-electron chi connectivity index (χ3n) is 18.3. The van der Waals surface area contributed by atoms with Crippen LogP contribution in [0.4, 0.5) is 29.5 Å².